The molecule has 2 aliphatic heterocycles. The first-order chi connectivity index (χ1) is 17.9. The number of aryl methyl sites for hydroxylation is 1. The third-order valence-corrected chi connectivity index (χ3v) is 8.06. The molecule has 2 aromatic heterocycles. The van der Waals surface area contributed by atoms with Crippen molar-refractivity contribution in [2.75, 3.05) is 30.4 Å². The van der Waals surface area contributed by atoms with Gasteiger partial charge in [-0.1, -0.05) is 24.6 Å². The first kappa shape index (κ1) is 24.0. The molecule has 1 aliphatic carbocycles. The predicted octanol–water partition coefficient (Wildman–Crippen LogP) is 4.74. The Morgan fingerprint density at radius 3 is 2.62 bits per heavy atom. The maximum Gasteiger partial charge on any atom is 0.416 e. The fraction of sp³-hybridized carbons (Fsp3) is 0.538. The predicted molar refractivity (Wildman–Crippen MR) is 132 cm³/mol. The van der Waals surface area contributed by atoms with E-state index in [4.69, 9.17) is 14.8 Å². The Hall–Kier alpha value is -3.37. The molecule has 1 aromatic carbocycles. The number of anilines is 2. The first-order valence-electron chi connectivity index (χ1n) is 12.9. The molecule has 0 amide bonds. The van der Waals surface area contributed by atoms with E-state index in [2.05, 4.69) is 20.4 Å². The Bertz CT molecular complexity index is 1250. The molecule has 1 saturated carbocycles. The van der Waals surface area contributed by atoms with E-state index in [-0.39, 0.29) is 12.0 Å². The molecule has 3 aliphatic rings. The lowest BCUT2D eigenvalue weighted by molar-refractivity contribution is -0.137. The maximum atomic E-state index is 13.4. The van der Waals surface area contributed by atoms with Crippen molar-refractivity contribution in [2.45, 2.75) is 56.8 Å². The summed E-state index contributed by atoms with van der Waals surface area (Å²) >= 11 is 0. The lowest BCUT2D eigenvalue weighted by Crippen LogP contribution is -2.48. The van der Waals surface area contributed by atoms with Crippen LogP contribution in [0.1, 0.15) is 55.0 Å². The molecule has 8 nitrogen and oxygen atoms in total. The second-order valence-electron chi connectivity index (χ2n) is 10.3. The van der Waals surface area contributed by atoms with Gasteiger partial charge in [-0.2, -0.15) is 23.3 Å². The van der Waals surface area contributed by atoms with E-state index < -0.39 is 11.7 Å². The van der Waals surface area contributed by atoms with E-state index in [0.717, 1.165) is 69.3 Å². The number of fused-ring (bicyclic) bond motifs is 3. The fourth-order valence-electron chi connectivity index (χ4n) is 6.25. The molecular formula is C26H30F3N7O. The normalized spacial score (nSPS) is 25.5. The van der Waals surface area contributed by atoms with Gasteiger partial charge in [0, 0.05) is 37.7 Å². The number of nitrogens with one attached hydrogen (secondary N) is 1. The van der Waals surface area contributed by atoms with Gasteiger partial charge in [0.05, 0.1) is 24.6 Å². The number of nitrogens with zero attached hydrogens (tertiary/aromatic N) is 6. The van der Waals surface area contributed by atoms with Gasteiger partial charge in [0.15, 0.2) is 0 Å². The van der Waals surface area contributed by atoms with Gasteiger partial charge in [-0.05, 0) is 49.1 Å². The number of methoxy groups -OCH3 is 1. The molecule has 0 radical (unpaired) electrons. The second kappa shape index (κ2) is 9.50. The number of benzene rings is 1. The van der Waals surface area contributed by atoms with E-state index in [9.17, 15) is 13.2 Å². The number of ether oxygens (including phenoxy) is 1. The van der Waals surface area contributed by atoms with E-state index in [1.165, 1.54) is 12.1 Å². The zero-order valence-electron chi connectivity index (χ0n) is 20.7. The summed E-state index contributed by atoms with van der Waals surface area (Å²) in [5.74, 6) is 2.49. The standard InChI is InChI=1S/C26H30F3N7O/c1-37-22-12-20(13-30-33-22)35-14-17-8-9-18(15-35)23(17)31-25-32-24-21(7-2-3-10-36(24)34-25)16-5-4-6-19(11-16)26(27,28)29/h4-6,11-13,17-18,21,23H,2-3,7-10,14-15H2,1H3,(H,31,34)/t17-,18-,21+/m1/s1. The molecule has 0 unspecified atom stereocenters. The molecule has 0 spiro atoms. The van der Waals surface area contributed by atoms with Crippen molar-refractivity contribution >= 4 is 11.6 Å². The molecule has 4 heterocycles. The quantitative estimate of drug-likeness (QED) is 0.528. The molecule has 2 bridgehead atoms. The summed E-state index contributed by atoms with van der Waals surface area (Å²) in [4.78, 5) is 7.21. The van der Waals surface area contributed by atoms with Gasteiger partial charge in [0.25, 0.3) is 0 Å². The van der Waals surface area contributed by atoms with Crippen LogP contribution in [-0.4, -0.2) is 51.2 Å². The lowest BCUT2D eigenvalue weighted by atomic mass is 9.92. The van der Waals surface area contributed by atoms with Gasteiger partial charge >= 0.3 is 6.18 Å². The Labute approximate surface area is 213 Å². The number of hydrogen-bond acceptors (Lipinski definition) is 7. The summed E-state index contributed by atoms with van der Waals surface area (Å²) in [7, 11) is 1.59. The molecule has 6 rings (SSSR count). The van der Waals surface area contributed by atoms with Gasteiger partial charge in [-0.3, -0.25) is 0 Å². The average molecular weight is 514 g/mol. The first-order valence-corrected chi connectivity index (χ1v) is 12.9. The molecule has 1 saturated heterocycles. The van der Waals surface area contributed by atoms with Crippen molar-refractivity contribution in [1.29, 1.82) is 0 Å². The highest BCUT2D eigenvalue weighted by Crippen LogP contribution is 2.41. The smallest absolute Gasteiger partial charge is 0.416 e. The largest absolute Gasteiger partial charge is 0.480 e. The fourth-order valence-corrected chi connectivity index (χ4v) is 6.25. The van der Waals surface area contributed by atoms with Crippen molar-refractivity contribution in [3.8, 4) is 5.88 Å². The van der Waals surface area contributed by atoms with Gasteiger partial charge in [-0.25, -0.2) is 4.68 Å². The monoisotopic (exact) mass is 513 g/mol. The van der Waals surface area contributed by atoms with Crippen LogP contribution in [-0.2, 0) is 12.7 Å². The average Bonchev–Trinajstić information content (AvgIpc) is 3.30. The van der Waals surface area contributed by atoms with E-state index >= 15 is 0 Å². The van der Waals surface area contributed by atoms with Crippen LogP contribution < -0.4 is 15.0 Å². The second-order valence-corrected chi connectivity index (χ2v) is 10.3. The molecule has 37 heavy (non-hydrogen) atoms. The molecule has 3 aromatic rings. The van der Waals surface area contributed by atoms with Crippen molar-refractivity contribution in [2.24, 2.45) is 11.8 Å². The van der Waals surface area contributed by atoms with Gasteiger partial charge in [-0.15, -0.1) is 10.2 Å². The van der Waals surface area contributed by atoms with Crippen LogP contribution in [0.15, 0.2) is 36.5 Å². The number of aromatic nitrogens is 5. The van der Waals surface area contributed by atoms with Crippen LogP contribution in [0.3, 0.4) is 0 Å². The van der Waals surface area contributed by atoms with Crippen LogP contribution in [0.25, 0.3) is 0 Å². The Balaban J connectivity index is 1.21. The SMILES string of the molecule is COc1cc(N2C[C@H]3CC[C@H](C2)C3Nc2nc3n(n2)CCCC[C@H]3c2cccc(C(F)(F)F)c2)cnn1. The number of halogens is 3. The van der Waals surface area contributed by atoms with Crippen LogP contribution in [0.4, 0.5) is 24.8 Å². The number of piperidine rings is 1. The lowest BCUT2D eigenvalue weighted by Gasteiger charge is -2.39. The van der Waals surface area contributed by atoms with Gasteiger partial charge < -0.3 is 15.0 Å². The summed E-state index contributed by atoms with van der Waals surface area (Å²) in [6, 6.07) is 7.83. The minimum Gasteiger partial charge on any atom is -0.480 e. The number of hydrogen-bond donors (Lipinski definition) is 1. The van der Waals surface area contributed by atoms with E-state index in [0.29, 0.717) is 29.2 Å². The van der Waals surface area contributed by atoms with Crippen LogP contribution in [0.5, 0.6) is 5.88 Å². The number of rotatable bonds is 5. The zero-order chi connectivity index (χ0) is 25.6. The van der Waals surface area contributed by atoms with E-state index in [1.807, 2.05) is 10.7 Å². The molecular weight excluding hydrogens is 483 g/mol. The van der Waals surface area contributed by atoms with Crippen molar-refractivity contribution in [3.63, 3.8) is 0 Å². The van der Waals surface area contributed by atoms with Crippen LogP contribution in [0, 0.1) is 11.8 Å². The summed E-state index contributed by atoms with van der Waals surface area (Å²) in [6.45, 7) is 2.51. The minimum absolute atomic E-state index is 0.208. The highest BCUT2D eigenvalue weighted by atomic mass is 19.4. The Kier molecular flexibility index (Phi) is 6.16. The van der Waals surface area contributed by atoms with E-state index in [1.54, 1.807) is 19.4 Å². The summed E-state index contributed by atoms with van der Waals surface area (Å²) < 4.78 is 47.2. The van der Waals surface area contributed by atoms with Gasteiger partial charge in [0.1, 0.15) is 5.82 Å². The van der Waals surface area contributed by atoms with Crippen LogP contribution in [0.2, 0.25) is 0 Å². The summed E-state index contributed by atoms with van der Waals surface area (Å²) in [5.41, 5.74) is 1.04. The summed E-state index contributed by atoms with van der Waals surface area (Å²) in [6.07, 6.45) is 2.25. The highest BCUT2D eigenvalue weighted by molar-refractivity contribution is 5.48. The summed E-state index contributed by atoms with van der Waals surface area (Å²) in [5, 5.41) is 16.4. The molecule has 11 heteroatoms. The number of alkyl halides is 3. The molecule has 196 valence electrons. The third-order valence-electron chi connectivity index (χ3n) is 8.06. The molecule has 3 atom stereocenters. The zero-order valence-corrected chi connectivity index (χ0v) is 20.7. The molecule has 2 fully saturated rings. The third kappa shape index (κ3) is 4.71. The highest BCUT2D eigenvalue weighted by Gasteiger charge is 2.43. The Morgan fingerprint density at radius 1 is 1.05 bits per heavy atom. The van der Waals surface area contributed by atoms with Crippen LogP contribution >= 0.6 is 0 Å². The van der Waals surface area contributed by atoms with Crippen molar-refractivity contribution < 1.29 is 17.9 Å². The van der Waals surface area contributed by atoms with Crippen molar-refractivity contribution in [3.05, 3.63) is 53.5 Å². The molecule has 1 N–H and O–H groups in total. The van der Waals surface area contributed by atoms with Crippen molar-refractivity contribution in [1.82, 2.24) is 25.0 Å². The minimum atomic E-state index is -4.37. The van der Waals surface area contributed by atoms with Gasteiger partial charge in [0.2, 0.25) is 11.8 Å². The topological polar surface area (TPSA) is 81.0 Å². The Morgan fingerprint density at radius 2 is 1.86 bits per heavy atom. The maximum absolute atomic E-state index is 13.4.